The van der Waals surface area contributed by atoms with Crippen LogP contribution in [0.15, 0.2) is 27.8 Å². The molecule has 0 atom stereocenters. The molecule has 1 aromatic heterocycles. The van der Waals surface area contributed by atoms with Crippen LogP contribution >= 0.6 is 11.8 Å². The van der Waals surface area contributed by atoms with Crippen LogP contribution in [-0.2, 0) is 0 Å². The van der Waals surface area contributed by atoms with Gasteiger partial charge in [0.1, 0.15) is 0 Å². The molecular formula is C14H18N2O3S. The SMILES string of the molecule is COc1ccc(-c2nnc(SCC(C)C)o2)cc1OC. The summed E-state index contributed by atoms with van der Waals surface area (Å²) >= 11 is 1.57. The molecule has 0 saturated heterocycles. The van der Waals surface area contributed by atoms with Gasteiger partial charge in [-0.1, -0.05) is 25.6 Å². The van der Waals surface area contributed by atoms with Crippen LogP contribution in [0.5, 0.6) is 11.5 Å². The maximum atomic E-state index is 5.64. The number of rotatable bonds is 6. The van der Waals surface area contributed by atoms with Crippen molar-refractivity contribution in [2.75, 3.05) is 20.0 Å². The van der Waals surface area contributed by atoms with Gasteiger partial charge in [0.05, 0.1) is 14.2 Å². The third kappa shape index (κ3) is 3.45. The minimum Gasteiger partial charge on any atom is -0.493 e. The van der Waals surface area contributed by atoms with Crippen LogP contribution in [0.2, 0.25) is 0 Å². The fourth-order valence-corrected chi connectivity index (χ4v) is 2.30. The number of hydrogen-bond donors (Lipinski definition) is 0. The summed E-state index contributed by atoms with van der Waals surface area (Å²) in [6.07, 6.45) is 0. The van der Waals surface area contributed by atoms with E-state index in [9.17, 15) is 0 Å². The van der Waals surface area contributed by atoms with Crippen molar-refractivity contribution in [2.45, 2.75) is 19.1 Å². The van der Waals surface area contributed by atoms with E-state index in [1.165, 1.54) is 0 Å². The second-order valence-electron chi connectivity index (χ2n) is 4.65. The van der Waals surface area contributed by atoms with Crippen LogP contribution in [0.3, 0.4) is 0 Å². The van der Waals surface area contributed by atoms with Crippen molar-refractivity contribution >= 4 is 11.8 Å². The highest BCUT2D eigenvalue weighted by Gasteiger charge is 2.12. The molecule has 20 heavy (non-hydrogen) atoms. The number of thioether (sulfide) groups is 1. The zero-order valence-corrected chi connectivity index (χ0v) is 12.9. The summed E-state index contributed by atoms with van der Waals surface area (Å²) in [7, 11) is 3.20. The molecule has 6 heteroatoms. The normalized spacial score (nSPS) is 10.8. The van der Waals surface area contributed by atoms with E-state index in [-0.39, 0.29) is 0 Å². The molecule has 2 aromatic rings. The van der Waals surface area contributed by atoms with Gasteiger partial charge in [0.15, 0.2) is 11.5 Å². The topological polar surface area (TPSA) is 57.4 Å². The average molecular weight is 294 g/mol. The Balaban J connectivity index is 2.19. The molecule has 0 unspecified atom stereocenters. The Labute approximate surface area is 122 Å². The van der Waals surface area contributed by atoms with Gasteiger partial charge in [-0.15, -0.1) is 10.2 Å². The van der Waals surface area contributed by atoms with Gasteiger partial charge < -0.3 is 13.9 Å². The number of nitrogens with zero attached hydrogens (tertiary/aromatic N) is 2. The Hall–Kier alpha value is -1.69. The van der Waals surface area contributed by atoms with Gasteiger partial charge in [-0.05, 0) is 24.1 Å². The lowest BCUT2D eigenvalue weighted by Gasteiger charge is -2.07. The second kappa shape index (κ2) is 6.65. The minimum atomic E-state index is 0.484. The predicted octanol–water partition coefficient (Wildman–Crippen LogP) is 3.50. The van der Waals surface area contributed by atoms with E-state index < -0.39 is 0 Å². The number of benzene rings is 1. The first-order valence-corrected chi connectivity index (χ1v) is 7.31. The molecule has 2 rings (SSSR count). The van der Waals surface area contributed by atoms with Gasteiger partial charge in [0.2, 0.25) is 5.89 Å². The van der Waals surface area contributed by atoms with Gasteiger partial charge in [0.25, 0.3) is 5.22 Å². The van der Waals surface area contributed by atoms with E-state index in [2.05, 4.69) is 24.0 Å². The van der Waals surface area contributed by atoms with Gasteiger partial charge in [-0.3, -0.25) is 0 Å². The van der Waals surface area contributed by atoms with E-state index in [0.717, 1.165) is 11.3 Å². The van der Waals surface area contributed by atoms with Crippen molar-refractivity contribution in [2.24, 2.45) is 5.92 Å². The first-order chi connectivity index (χ1) is 9.63. The molecule has 0 aliphatic rings. The molecule has 0 saturated carbocycles. The number of hydrogen-bond acceptors (Lipinski definition) is 6. The smallest absolute Gasteiger partial charge is 0.276 e. The Morgan fingerprint density at radius 2 is 1.90 bits per heavy atom. The fraction of sp³-hybridized carbons (Fsp3) is 0.429. The summed E-state index contributed by atoms with van der Waals surface area (Å²) in [6, 6.07) is 5.51. The highest BCUT2D eigenvalue weighted by molar-refractivity contribution is 7.99. The van der Waals surface area contributed by atoms with Gasteiger partial charge >= 0.3 is 0 Å². The van der Waals surface area contributed by atoms with Crippen LogP contribution in [-0.4, -0.2) is 30.2 Å². The molecule has 1 heterocycles. The lowest BCUT2D eigenvalue weighted by atomic mass is 10.2. The summed E-state index contributed by atoms with van der Waals surface area (Å²) in [5, 5.41) is 8.68. The van der Waals surface area contributed by atoms with E-state index in [1.807, 2.05) is 18.2 Å². The molecular weight excluding hydrogens is 276 g/mol. The Morgan fingerprint density at radius 3 is 2.55 bits per heavy atom. The maximum Gasteiger partial charge on any atom is 0.276 e. The zero-order chi connectivity index (χ0) is 14.5. The summed E-state index contributed by atoms with van der Waals surface area (Å²) < 4.78 is 16.1. The van der Waals surface area contributed by atoms with Crippen molar-refractivity contribution in [3.05, 3.63) is 18.2 Å². The van der Waals surface area contributed by atoms with Crippen molar-refractivity contribution in [1.29, 1.82) is 0 Å². The second-order valence-corrected chi connectivity index (χ2v) is 5.62. The highest BCUT2D eigenvalue weighted by Crippen LogP contribution is 2.32. The van der Waals surface area contributed by atoms with Crippen molar-refractivity contribution in [3.8, 4) is 23.0 Å². The summed E-state index contributed by atoms with van der Waals surface area (Å²) in [4.78, 5) is 0. The van der Waals surface area contributed by atoms with Crippen LogP contribution in [0.25, 0.3) is 11.5 Å². The molecule has 1 aromatic carbocycles. The first kappa shape index (κ1) is 14.7. The summed E-state index contributed by atoms with van der Waals surface area (Å²) in [6.45, 7) is 4.30. The van der Waals surface area contributed by atoms with Gasteiger partial charge in [-0.25, -0.2) is 0 Å². The number of methoxy groups -OCH3 is 2. The van der Waals surface area contributed by atoms with Crippen LogP contribution < -0.4 is 9.47 Å². The third-order valence-corrected chi connectivity index (χ3v) is 3.82. The third-order valence-electron chi connectivity index (χ3n) is 2.58. The molecule has 0 bridgehead atoms. The Bertz CT molecular complexity index is 569. The monoisotopic (exact) mass is 294 g/mol. The van der Waals surface area contributed by atoms with Crippen LogP contribution in [0, 0.1) is 5.92 Å². The standard InChI is InChI=1S/C14H18N2O3S/c1-9(2)8-20-14-16-15-13(19-14)10-5-6-11(17-3)12(7-10)18-4/h5-7,9H,8H2,1-4H3. The summed E-state index contributed by atoms with van der Waals surface area (Å²) in [5.74, 6) is 3.33. The molecule has 0 spiro atoms. The molecule has 0 N–H and O–H groups in total. The molecule has 5 nitrogen and oxygen atoms in total. The average Bonchev–Trinajstić information content (AvgIpc) is 2.93. The molecule has 0 fully saturated rings. The quantitative estimate of drug-likeness (QED) is 0.760. The zero-order valence-electron chi connectivity index (χ0n) is 12.0. The minimum absolute atomic E-state index is 0.484. The molecule has 0 aliphatic heterocycles. The first-order valence-electron chi connectivity index (χ1n) is 6.32. The number of ether oxygens (including phenoxy) is 2. The molecule has 0 amide bonds. The lowest BCUT2D eigenvalue weighted by molar-refractivity contribution is 0.355. The lowest BCUT2D eigenvalue weighted by Crippen LogP contribution is -1.90. The van der Waals surface area contributed by atoms with Gasteiger partial charge in [0, 0.05) is 11.3 Å². The number of aromatic nitrogens is 2. The van der Waals surface area contributed by atoms with E-state index in [4.69, 9.17) is 13.9 Å². The van der Waals surface area contributed by atoms with E-state index in [0.29, 0.717) is 28.5 Å². The summed E-state index contributed by atoms with van der Waals surface area (Å²) in [5.41, 5.74) is 0.812. The van der Waals surface area contributed by atoms with Crippen molar-refractivity contribution in [1.82, 2.24) is 10.2 Å². The molecule has 108 valence electrons. The Morgan fingerprint density at radius 1 is 1.15 bits per heavy atom. The van der Waals surface area contributed by atoms with E-state index in [1.54, 1.807) is 26.0 Å². The van der Waals surface area contributed by atoms with Crippen LogP contribution in [0.1, 0.15) is 13.8 Å². The highest BCUT2D eigenvalue weighted by atomic mass is 32.2. The van der Waals surface area contributed by atoms with Crippen molar-refractivity contribution < 1.29 is 13.9 Å². The molecule has 0 radical (unpaired) electrons. The van der Waals surface area contributed by atoms with Gasteiger partial charge in [-0.2, -0.15) is 0 Å². The molecule has 0 aliphatic carbocycles. The fourth-order valence-electron chi connectivity index (χ4n) is 1.59. The largest absolute Gasteiger partial charge is 0.493 e. The van der Waals surface area contributed by atoms with Crippen molar-refractivity contribution in [3.63, 3.8) is 0 Å². The maximum absolute atomic E-state index is 5.64. The Kier molecular flexibility index (Phi) is 4.89. The van der Waals surface area contributed by atoms with E-state index >= 15 is 0 Å². The van der Waals surface area contributed by atoms with Crippen LogP contribution in [0.4, 0.5) is 0 Å². The predicted molar refractivity (Wildman–Crippen MR) is 78.4 cm³/mol.